The smallest absolute Gasteiger partial charge is 0.338 e. The van der Waals surface area contributed by atoms with Gasteiger partial charge in [-0.2, -0.15) is 0 Å². The Morgan fingerprint density at radius 2 is 1.93 bits per heavy atom. The van der Waals surface area contributed by atoms with Crippen LogP contribution in [0.3, 0.4) is 0 Å². The minimum Gasteiger partial charge on any atom is -0.462 e. The first-order valence-electron chi connectivity index (χ1n) is 9.94. The van der Waals surface area contributed by atoms with Gasteiger partial charge in [-0.25, -0.2) is 4.79 Å². The zero-order chi connectivity index (χ0) is 19.2. The molecule has 1 atom stereocenters. The van der Waals surface area contributed by atoms with E-state index in [-0.39, 0.29) is 11.8 Å². The summed E-state index contributed by atoms with van der Waals surface area (Å²) in [6.45, 7) is 2.18. The van der Waals surface area contributed by atoms with Gasteiger partial charge in [-0.05, 0) is 62.3 Å². The fraction of sp³-hybridized carbons (Fsp3) is 0.478. The molecule has 0 spiro atoms. The zero-order valence-electron chi connectivity index (χ0n) is 15.9. The highest BCUT2D eigenvalue weighted by atomic mass is 79.9. The van der Waals surface area contributed by atoms with Gasteiger partial charge in [-0.1, -0.05) is 46.5 Å². The first-order valence-corrected chi connectivity index (χ1v) is 10.7. The van der Waals surface area contributed by atoms with Crippen molar-refractivity contribution >= 4 is 27.7 Å². The van der Waals surface area contributed by atoms with Crippen LogP contribution in [-0.4, -0.2) is 18.4 Å². The first-order chi connectivity index (χ1) is 13.1. The standard InChI is InChI=1S/C23H27BrO3/c1-2-27-23(26)21-15-19(14-17-7-10-20(24)11-8-17)22(25)12-9-16-5-3-4-6-18(21)13-16/h7-8,10-11,15-16H,2-6,9,12-14H2,1H3/b19-15-,21-18-. The normalized spacial score (nSPS) is 25.5. The summed E-state index contributed by atoms with van der Waals surface area (Å²) in [6.07, 6.45) is 9.15. The second-order valence-corrected chi connectivity index (χ2v) is 8.40. The van der Waals surface area contributed by atoms with Crippen LogP contribution in [0, 0.1) is 5.92 Å². The molecule has 144 valence electrons. The largest absolute Gasteiger partial charge is 0.462 e. The second kappa shape index (κ2) is 9.50. The molecule has 27 heavy (non-hydrogen) atoms. The molecule has 1 unspecified atom stereocenters. The van der Waals surface area contributed by atoms with E-state index >= 15 is 0 Å². The summed E-state index contributed by atoms with van der Waals surface area (Å²) in [6, 6.07) is 8.01. The third-order valence-electron chi connectivity index (χ3n) is 5.52. The Morgan fingerprint density at radius 1 is 1.15 bits per heavy atom. The van der Waals surface area contributed by atoms with E-state index in [4.69, 9.17) is 4.74 Å². The van der Waals surface area contributed by atoms with Crippen molar-refractivity contribution in [2.45, 2.75) is 58.3 Å². The summed E-state index contributed by atoms with van der Waals surface area (Å²) in [7, 11) is 0. The number of fused-ring (bicyclic) bond motifs is 2. The van der Waals surface area contributed by atoms with Crippen LogP contribution in [0.15, 0.2) is 51.5 Å². The van der Waals surface area contributed by atoms with Crippen molar-refractivity contribution in [3.05, 3.63) is 57.1 Å². The molecule has 0 amide bonds. The lowest BCUT2D eigenvalue weighted by Crippen LogP contribution is -2.12. The fourth-order valence-electron chi connectivity index (χ4n) is 4.05. The van der Waals surface area contributed by atoms with E-state index in [1.807, 2.05) is 37.3 Å². The number of Topliss-reactive ketones (excluding diaryl/α,β-unsaturated/α-hetero) is 1. The van der Waals surface area contributed by atoms with E-state index in [1.54, 1.807) is 0 Å². The Balaban J connectivity index is 2.00. The van der Waals surface area contributed by atoms with Gasteiger partial charge in [0.15, 0.2) is 5.78 Å². The molecule has 3 rings (SSSR count). The van der Waals surface area contributed by atoms with Crippen molar-refractivity contribution in [3.63, 3.8) is 0 Å². The first kappa shape index (κ1) is 20.1. The summed E-state index contributed by atoms with van der Waals surface area (Å²) in [5.41, 5.74) is 3.61. The highest BCUT2D eigenvalue weighted by Crippen LogP contribution is 2.35. The van der Waals surface area contributed by atoms with Gasteiger partial charge in [-0.3, -0.25) is 4.79 Å². The number of ether oxygens (including phenoxy) is 1. The molecule has 1 aromatic rings. The van der Waals surface area contributed by atoms with Gasteiger partial charge in [0.25, 0.3) is 0 Å². The summed E-state index contributed by atoms with van der Waals surface area (Å²) >= 11 is 3.45. The fourth-order valence-corrected chi connectivity index (χ4v) is 4.32. The van der Waals surface area contributed by atoms with Gasteiger partial charge in [0.05, 0.1) is 12.2 Å². The Kier molecular flexibility index (Phi) is 7.06. The maximum absolute atomic E-state index is 12.9. The third kappa shape index (κ3) is 5.41. The predicted octanol–water partition coefficient (Wildman–Crippen LogP) is 5.72. The zero-order valence-corrected chi connectivity index (χ0v) is 17.5. The molecule has 2 bridgehead atoms. The van der Waals surface area contributed by atoms with Gasteiger partial charge in [0.1, 0.15) is 0 Å². The molecule has 0 aliphatic heterocycles. The molecule has 1 saturated carbocycles. The minimum absolute atomic E-state index is 0.159. The molecule has 0 heterocycles. The number of halogens is 1. The Labute approximate surface area is 170 Å². The van der Waals surface area contributed by atoms with Crippen LogP contribution < -0.4 is 0 Å². The monoisotopic (exact) mass is 430 g/mol. The molecular formula is C23H27BrO3. The van der Waals surface area contributed by atoms with Crippen molar-refractivity contribution in [1.29, 1.82) is 0 Å². The lowest BCUT2D eigenvalue weighted by molar-refractivity contribution is -0.138. The van der Waals surface area contributed by atoms with Gasteiger partial charge >= 0.3 is 5.97 Å². The Bertz CT molecular complexity index is 758. The van der Waals surface area contributed by atoms with Gasteiger partial charge in [0.2, 0.25) is 0 Å². The van der Waals surface area contributed by atoms with Crippen LogP contribution in [0.25, 0.3) is 0 Å². The van der Waals surface area contributed by atoms with Crippen LogP contribution in [0.4, 0.5) is 0 Å². The number of rotatable bonds is 4. The van der Waals surface area contributed by atoms with Crippen molar-refractivity contribution in [1.82, 2.24) is 0 Å². The van der Waals surface area contributed by atoms with Crippen LogP contribution in [0.5, 0.6) is 0 Å². The van der Waals surface area contributed by atoms with Crippen LogP contribution in [0.2, 0.25) is 0 Å². The Morgan fingerprint density at radius 3 is 2.67 bits per heavy atom. The minimum atomic E-state index is -0.281. The number of carbonyl (C=O) groups is 2. The molecule has 0 aromatic heterocycles. The van der Waals surface area contributed by atoms with Crippen LogP contribution >= 0.6 is 15.9 Å². The van der Waals surface area contributed by atoms with Gasteiger partial charge in [0, 0.05) is 22.9 Å². The summed E-state index contributed by atoms with van der Waals surface area (Å²) in [5.74, 6) is 0.374. The lowest BCUT2D eigenvalue weighted by atomic mass is 9.91. The number of benzene rings is 1. The molecule has 1 fully saturated rings. The lowest BCUT2D eigenvalue weighted by Gasteiger charge is -2.15. The van der Waals surface area contributed by atoms with E-state index in [2.05, 4.69) is 15.9 Å². The van der Waals surface area contributed by atoms with Gasteiger partial charge < -0.3 is 4.74 Å². The summed E-state index contributed by atoms with van der Waals surface area (Å²) < 4.78 is 6.36. The average molecular weight is 431 g/mol. The summed E-state index contributed by atoms with van der Waals surface area (Å²) in [4.78, 5) is 25.6. The average Bonchev–Trinajstić information content (AvgIpc) is 2.87. The van der Waals surface area contributed by atoms with E-state index in [0.717, 1.165) is 47.7 Å². The molecule has 4 heteroatoms. The molecule has 0 saturated heterocycles. The third-order valence-corrected chi connectivity index (χ3v) is 6.05. The van der Waals surface area contributed by atoms with Gasteiger partial charge in [-0.15, -0.1) is 0 Å². The maximum atomic E-state index is 12.9. The van der Waals surface area contributed by atoms with Crippen molar-refractivity contribution in [3.8, 4) is 0 Å². The molecule has 2 aliphatic rings. The second-order valence-electron chi connectivity index (χ2n) is 7.49. The van der Waals surface area contributed by atoms with Crippen molar-refractivity contribution in [2.24, 2.45) is 5.92 Å². The summed E-state index contributed by atoms with van der Waals surface area (Å²) in [5, 5.41) is 0. The van der Waals surface area contributed by atoms with E-state index < -0.39 is 0 Å². The molecule has 1 aromatic carbocycles. The number of ketones is 1. The predicted molar refractivity (Wildman–Crippen MR) is 110 cm³/mol. The molecular weight excluding hydrogens is 404 g/mol. The highest BCUT2D eigenvalue weighted by molar-refractivity contribution is 9.10. The number of esters is 1. The SMILES string of the molecule is CCOC(=O)C1=C2/CCCCC(CCC(=O)/C(Cc3ccc(Br)cc3)=C\1)C2. The number of hydrogen-bond acceptors (Lipinski definition) is 3. The molecule has 0 N–H and O–H groups in total. The number of allylic oxidation sites excluding steroid dienone is 2. The maximum Gasteiger partial charge on any atom is 0.338 e. The number of hydrogen-bond donors (Lipinski definition) is 0. The van der Waals surface area contributed by atoms with Crippen molar-refractivity contribution in [2.75, 3.05) is 6.61 Å². The highest BCUT2D eigenvalue weighted by Gasteiger charge is 2.25. The topological polar surface area (TPSA) is 43.4 Å². The Hall–Kier alpha value is -1.68. The van der Waals surface area contributed by atoms with E-state index in [9.17, 15) is 9.59 Å². The molecule has 0 radical (unpaired) electrons. The van der Waals surface area contributed by atoms with E-state index in [1.165, 1.54) is 12.0 Å². The molecule has 3 nitrogen and oxygen atoms in total. The van der Waals surface area contributed by atoms with Crippen LogP contribution in [0.1, 0.15) is 57.4 Å². The van der Waals surface area contributed by atoms with Crippen molar-refractivity contribution < 1.29 is 14.3 Å². The van der Waals surface area contributed by atoms with E-state index in [0.29, 0.717) is 30.9 Å². The number of carbonyl (C=O) groups excluding carboxylic acids is 2. The molecule has 2 aliphatic carbocycles. The van der Waals surface area contributed by atoms with Crippen LogP contribution in [-0.2, 0) is 20.7 Å². The quantitative estimate of drug-likeness (QED) is 0.573.